The largest absolute Gasteiger partial charge is 0.328 e. The minimum atomic E-state index is 1.11. The monoisotopic (exact) mass is 352 g/mol. The molecule has 0 bridgehead atoms. The van der Waals surface area contributed by atoms with Gasteiger partial charge in [0.05, 0.1) is 22.9 Å². The van der Waals surface area contributed by atoms with Gasteiger partial charge >= 0.3 is 0 Å². The lowest BCUT2D eigenvalue weighted by atomic mass is 10.1. The summed E-state index contributed by atoms with van der Waals surface area (Å²) in [5.41, 5.74) is 2.42. The van der Waals surface area contributed by atoms with Crippen LogP contribution in [0.3, 0.4) is 0 Å². The van der Waals surface area contributed by atoms with Crippen LogP contribution in [0.15, 0.2) is 24.3 Å². The number of rotatable bonds is 11. The molecule has 0 spiro atoms. The lowest BCUT2D eigenvalue weighted by molar-refractivity contribution is 0.535. The van der Waals surface area contributed by atoms with E-state index in [9.17, 15) is 0 Å². The van der Waals surface area contributed by atoms with Crippen molar-refractivity contribution in [1.29, 1.82) is 0 Å². The second kappa shape index (κ2) is 13.3. The van der Waals surface area contributed by atoms with E-state index in [1.807, 2.05) is 0 Å². The van der Waals surface area contributed by atoms with E-state index in [1.54, 1.807) is 0 Å². The zero-order valence-corrected chi connectivity index (χ0v) is 16.1. The van der Waals surface area contributed by atoms with Crippen molar-refractivity contribution in [2.45, 2.75) is 84.6 Å². The lowest BCUT2D eigenvalue weighted by Crippen LogP contribution is -2.00. The molecule has 0 radical (unpaired) electrons. The second-order valence-electron chi connectivity index (χ2n) is 6.48. The molecule has 2 rings (SSSR count). The predicted molar refractivity (Wildman–Crippen MR) is 104 cm³/mol. The molecule has 3 nitrogen and oxygen atoms in total. The van der Waals surface area contributed by atoms with Crippen LogP contribution in [-0.2, 0) is 6.54 Å². The van der Waals surface area contributed by atoms with E-state index in [2.05, 4.69) is 59.5 Å². The van der Waals surface area contributed by atoms with E-state index in [4.69, 9.17) is 4.66 Å². The molecule has 24 heavy (non-hydrogen) atoms. The summed E-state index contributed by atoms with van der Waals surface area (Å²) in [4.78, 5) is 4.64. The van der Waals surface area contributed by atoms with Crippen LogP contribution in [0, 0.1) is 6.92 Å². The van der Waals surface area contributed by atoms with Crippen molar-refractivity contribution in [1.82, 2.24) is 9.55 Å². The van der Waals surface area contributed by atoms with Crippen molar-refractivity contribution < 1.29 is 4.66 Å². The van der Waals surface area contributed by atoms with Gasteiger partial charge in [0.25, 0.3) is 0 Å². The maximum Gasteiger partial charge on any atom is 0.106 e. The number of hydrogen-bond donors (Lipinski definition) is 1. The van der Waals surface area contributed by atoms with E-state index >= 15 is 0 Å². The Balaban J connectivity index is 0.00000139. The highest BCUT2D eigenvalue weighted by molar-refractivity contribution is 6.04. The number of benzene rings is 1. The SMILES string of the molecule is CCCCCCCCCCCCn1c(C)nc2ccccc21.OCl. The number of aryl methyl sites for hydroxylation is 2. The molecule has 0 atom stereocenters. The molecule has 0 saturated carbocycles. The first-order valence-electron chi connectivity index (χ1n) is 9.41. The molecule has 0 aliphatic carbocycles. The van der Waals surface area contributed by atoms with Crippen molar-refractivity contribution in [3.63, 3.8) is 0 Å². The summed E-state index contributed by atoms with van der Waals surface area (Å²) in [7, 11) is 0. The van der Waals surface area contributed by atoms with Gasteiger partial charge in [0.1, 0.15) is 5.82 Å². The van der Waals surface area contributed by atoms with Crippen LogP contribution in [0.1, 0.15) is 77.0 Å². The molecule has 1 aromatic heterocycles. The minimum Gasteiger partial charge on any atom is -0.328 e. The Labute approximate surface area is 152 Å². The van der Waals surface area contributed by atoms with Crippen molar-refractivity contribution >= 4 is 22.9 Å². The summed E-state index contributed by atoms with van der Waals surface area (Å²) in [5, 5.41) is 0. The van der Waals surface area contributed by atoms with Crippen molar-refractivity contribution in [3.05, 3.63) is 30.1 Å². The number of hydrogen-bond acceptors (Lipinski definition) is 2. The van der Waals surface area contributed by atoms with Gasteiger partial charge < -0.3 is 4.57 Å². The van der Waals surface area contributed by atoms with Gasteiger partial charge in [0.2, 0.25) is 0 Å². The summed E-state index contributed by atoms with van der Waals surface area (Å²) >= 11 is 3.64. The standard InChI is InChI=1S/C20H32N2.ClHO/c1-3-4-5-6-7-8-9-10-11-14-17-22-18(2)21-19-15-12-13-16-20(19)22;1-2/h12-13,15-16H,3-11,14,17H2,1-2H3;2H. The molecule has 136 valence electrons. The molecule has 0 fully saturated rings. The van der Waals surface area contributed by atoms with E-state index in [0.717, 1.165) is 17.9 Å². The van der Waals surface area contributed by atoms with Gasteiger partial charge in [-0.15, -0.1) is 0 Å². The van der Waals surface area contributed by atoms with Gasteiger partial charge in [-0.1, -0.05) is 76.8 Å². The van der Waals surface area contributed by atoms with Gasteiger partial charge in [0, 0.05) is 6.54 Å². The molecule has 1 heterocycles. The van der Waals surface area contributed by atoms with Crippen molar-refractivity contribution in [2.75, 3.05) is 0 Å². The molecule has 1 N–H and O–H groups in total. The normalized spacial score (nSPS) is 10.7. The number of unbranched alkanes of at least 4 members (excludes halogenated alkanes) is 9. The lowest BCUT2D eigenvalue weighted by Gasteiger charge is -2.07. The minimum absolute atomic E-state index is 1.11. The Kier molecular flexibility index (Phi) is 11.6. The zero-order chi connectivity index (χ0) is 17.6. The number of halogens is 1. The third-order valence-electron chi connectivity index (χ3n) is 4.58. The summed E-state index contributed by atoms with van der Waals surface area (Å²) < 4.78 is 8.85. The first-order valence-corrected chi connectivity index (χ1v) is 9.75. The maximum absolute atomic E-state index is 6.47. The average molecular weight is 353 g/mol. The van der Waals surface area contributed by atoms with E-state index in [-0.39, 0.29) is 0 Å². The fourth-order valence-electron chi connectivity index (χ4n) is 3.24. The topological polar surface area (TPSA) is 38.0 Å². The zero-order valence-electron chi connectivity index (χ0n) is 15.3. The molecule has 0 amide bonds. The summed E-state index contributed by atoms with van der Waals surface area (Å²) in [6.07, 6.45) is 13.9. The number of fused-ring (bicyclic) bond motifs is 1. The summed E-state index contributed by atoms with van der Waals surface area (Å²) in [5.74, 6) is 1.15. The average Bonchev–Trinajstić information content (AvgIpc) is 2.94. The van der Waals surface area contributed by atoms with Crippen molar-refractivity contribution in [3.8, 4) is 0 Å². The smallest absolute Gasteiger partial charge is 0.106 e. The fraction of sp³-hybridized carbons (Fsp3) is 0.650. The highest BCUT2D eigenvalue weighted by Crippen LogP contribution is 2.17. The Hall–Kier alpha value is -1.06. The third-order valence-corrected chi connectivity index (χ3v) is 4.58. The van der Waals surface area contributed by atoms with E-state index < -0.39 is 0 Å². The first kappa shape index (κ1) is 21.0. The highest BCUT2D eigenvalue weighted by Gasteiger charge is 2.05. The molecule has 0 aliphatic rings. The predicted octanol–water partition coefficient (Wildman–Crippen LogP) is 6.40. The fourth-order valence-corrected chi connectivity index (χ4v) is 3.24. The summed E-state index contributed by atoms with van der Waals surface area (Å²) in [6.45, 7) is 5.52. The van der Waals surface area contributed by atoms with Gasteiger partial charge in [-0.25, -0.2) is 4.98 Å². The molecule has 0 unspecified atom stereocenters. The van der Waals surface area contributed by atoms with Crippen LogP contribution in [0.4, 0.5) is 0 Å². The van der Waals surface area contributed by atoms with Gasteiger partial charge in [-0.2, -0.15) is 0 Å². The van der Waals surface area contributed by atoms with Crippen molar-refractivity contribution in [2.24, 2.45) is 0 Å². The number of nitrogens with zero attached hydrogens (tertiary/aromatic N) is 2. The molecule has 1 aromatic carbocycles. The van der Waals surface area contributed by atoms with E-state index in [1.165, 1.54) is 69.7 Å². The molecule has 2 aromatic rings. The summed E-state index contributed by atoms with van der Waals surface area (Å²) in [6, 6.07) is 8.47. The third kappa shape index (κ3) is 7.23. The Morgan fingerprint density at radius 1 is 0.875 bits per heavy atom. The first-order chi connectivity index (χ1) is 11.8. The quantitative estimate of drug-likeness (QED) is 0.475. The Bertz CT molecular complexity index is 554. The Morgan fingerprint density at radius 3 is 2.04 bits per heavy atom. The molecular formula is C20H33ClN2O. The molecular weight excluding hydrogens is 320 g/mol. The van der Waals surface area contributed by atoms with Crippen LogP contribution in [0.5, 0.6) is 0 Å². The van der Waals surface area contributed by atoms with Crippen LogP contribution < -0.4 is 0 Å². The number of aromatic nitrogens is 2. The van der Waals surface area contributed by atoms with Crippen LogP contribution in [0.25, 0.3) is 11.0 Å². The highest BCUT2D eigenvalue weighted by atomic mass is 35.5. The van der Waals surface area contributed by atoms with Gasteiger partial charge in [0.15, 0.2) is 0 Å². The Morgan fingerprint density at radius 2 is 1.42 bits per heavy atom. The number of para-hydroxylation sites is 2. The second-order valence-corrected chi connectivity index (χ2v) is 6.48. The van der Waals surface area contributed by atoms with Crippen LogP contribution in [-0.4, -0.2) is 14.2 Å². The molecule has 4 heteroatoms. The maximum atomic E-state index is 6.47. The number of imidazole rings is 1. The van der Waals surface area contributed by atoms with Crippen LogP contribution >= 0.6 is 11.9 Å². The molecule has 0 saturated heterocycles. The molecule has 0 aliphatic heterocycles. The van der Waals surface area contributed by atoms with Gasteiger partial charge in [-0.05, 0) is 25.5 Å². The van der Waals surface area contributed by atoms with Gasteiger partial charge in [-0.3, -0.25) is 4.66 Å². The van der Waals surface area contributed by atoms with Crippen LogP contribution in [0.2, 0.25) is 0 Å². The van der Waals surface area contributed by atoms with E-state index in [0.29, 0.717) is 0 Å².